The van der Waals surface area contributed by atoms with Crippen LogP contribution in [-0.4, -0.2) is 67.0 Å². The Bertz CT molecular complexity index is 458. The Hall–Kier alpha value is -0.0200. The van der Waals surface area contributed by atoms with Crippen LogP contribution in [0, 0.1) is 0 Å². The van der Waals surface area contributed by atoms with Crippen LogP contribution in [0.4, 0.5) is 0 Å². The van der Waals surface area contributed by atoms with Crippen LogP contribution in [0.3, 0.4) is 0 Å². The summed E-state index contributed by atoms with van der Waals surface area (Å²) in [6, 6.07) is 0. The average Bonchev–Trinajstić information content (AvgIpc) is 2.59. The third-order valence-corrected chi connectivity index (χ3v) is 6.68. The SMILES string of the molecule is CCCCCCCCCCCC[N+]1(C)CCS(=O)CC1.COS(=O)(=O)O. The van der Waals surface area contributed by atoms with Crippen molar-refractivity contribution in [2.45, 2.75) is 71.1 Å². The van der Waals surface area contributed by atoms with Gasteiger partial charge in [-0.3, -0.25) is 12.9 Å². The van der Waals surface area contributed by atoms with Crippen molar-refractivity contribution in [2.75, 3.05) is 45.3 Å². The smallest absolute Gasteiger partial charge is 0.325 e. The number of hydrogen-bond donors (Lipinski definition) is 1. The quantitative estimate of drug-likeness (QED) is 0.300. The molecule has 0 aromatic rings. The van der Waals surface area contributed by atoms with Crippen molar-refractivity contribution in [3.05, 3.63) is 0 Å². The summed E-state index contributed by atoms with van der Waals surface area (Å²) in [6.07, 6.45) is 14.1. The maximum atomic E-state index is 11.4. The first-order valence-corrected chi connectivity index (χ1v) is 12.8. The lowest BCUT2D eigenvalue weighted by Crippen LogP contribution is -2.53. The molecule has 1 fully saturated rings. The summed E-state index contributed by atoms with van der Waals surface area (Å²) in [6.45, 7) is 5.84. The minimum absolute atomic E-state index is 0.518. The summed E-state index contributed by atoms with van der Waals surface area (Å²) in [5.41, 5.74) is 0. The minimum Gasteiger partial charge on any atom is -0.325 e. The molecular weight excluding hydrogens is 374 g/mol. The van der Waals surface area contributed by atoms with Gasteiger partial charge in [-0.25, -0.2) is 0 Å². The van der Waals surface area contributed by atoms with E-state index in [1.165, 1.54) is 75.2 Å². The van der Waals surface area contributed by atoms with E-state index in [1.54, 1.807) is 0 Å². The van der Waals surface area contributed by atoms with Crippen molar-refractivity contribution in [2.24, 2.45) is 0 Å². The van der Waals surface area contributed by atoms with E-state index in [2.05, 4.69) is 18.2 Å². The van der Waals surface area contributed by atoms with Crippen molar-refractivity contribution in [1.82, 2.24) is 0 Å². The predicted molar refractivity (Wildman–Crippen MR) is 109 cm³/mol. The molecule has 26 heavy (non-hydrogen) atoms. The molecule has 0 aromatic heterocycles. The van der Waals surface area contributed by atoms with Gasteiger partial charge in [-0.05, 0) is 12.8 Å². The fourth-order valence-electron chi connectivity index (χ4n) is 3.06. The summed E-state index contributed by atoms with van der Waals surface area (Å²) < 4.78 is 42.3. The van der Waals surface area contributed by atoms with Gasteiger partial charge in [0.15, 0.2) is 0 Å². The Balaban J connectivity index is 0.000000896. The Kier molecular flexibility index (Phi) is 15.0. The third-order valence-electron chi connectivity index (χ3n) is 4.98. The normalized spacial score (nSPS) is 23.3. The van der Waals surface area contributed by atoms with Crippen LogP contribution < -0.4 is 0 Å². The van der Waals surface area contributed by atoms with Gasteiger partial charge in [0.05, 0.1) is 45.3 Å². The topological polar surface area (TPSA) is 80.7 Å². The Morgan fingerprint density at radius 2 is 1.31 bits per heavy atom. The Morgan fingerprint density at radius 1 is 0.923 bits per heavy atom. The first kappa shape index (κ1) is 26.0. The van der Waals surface area contributed by atoms with E-state index in [-0.39, 0.29) is 0 Å². The van der Waals surface area contributed by atoms with E-state index in [1.807, 2.05) is 0 Å². The molecule has 1 N–H and O–H groups in total. The molecule has 1 aliphatic heterocycles. The lowest BCUT2D eigenvalue weighted by Gasteiger charge is -2.37. The van der Waals surface area contributed by atoms with Crippen LogP contribution in [0.2, 0.25) is 0 Å². The molecule has 1 aliphatic rings. The van der Waals surface area contributed by atoms with Crippen LogP contribution in [-0.2, 0) is 25.4 Å². The molecule has 0 aromatic carbocycles. The second kappa shape index (κ2) is 15.0. The molecule has 158 valence electrons. The molecule has 8 heteroatoms. The fourth-order valence-corrected chi connectivity index (χ4v) is 4.56. The van der Waals surface area contributed by atoms with Gasteiger partial charge in [-0.2, -0.15) is 8.42 Å². The standard InChI is InChI=1S/C17H36NOS.CH4O4S/c1-3-4-5-6-7-8-9-10-11-12-13-18(2)14-16-20(19)17-15-18;1-5-6(2,3)4/h3-17H2,1-2H3;1H3,(H,2,3,4)/q+1;. The van der Waals surface area contributed by atoms with E-state index < -0.39 is 21.2 Å². The number of hydrogen-bond acceptors (Lipinski definition) is 4. The maximum absolute atomic E-state index is 11.4. The zero-order valence-electron chi connectivity index (χ0n) is 17.0. The van der Waals surface area contributed by atoms with Gasteiger partial charge in [0.1, 0.15) is 0 Å². The van der Waals surface area contributed by atoms with E-state index in [0.717, 1.165) is 31.7 Å². The minimum atomic E-state index is -4.16. The van der Waals surface area contributed by atoms with Crippen LogP contribution in [0.15, 0.2) is 0 Å². The lowest BCUT2D eigenvalue weighted by molar-refractivity contribution is -0.906. The fraction of sp³-hybridized carbons (Fsp3) is 1.00. The molecule has 0 spiro atoms. The highest BCUT2D eigenvalue weighted by Crippen LogP contribution is 2.14. The van der Waals surface area contributed by atoms with Gasteiger partial charge < -0.3 is 4.48 Å². The Labute approximate surface area is 163 Å². The van der Waals surface area contributed by atoms with Gasteiger partial charge in [-0.1, -0.05) is 58.3 Å². The molecule has 0 unspecified atom stereocenters. The van der Waals surface area contributed by atoms with E-state index in [0.29, 0.717) is 0 Å². The molecule has 0 saturated carbocycles. The number of unbranched alkanes of at least 4 members (excludes halogenated alkanes) is 9. The van der Waals surface area contributed by atoms with E-state index >= 15 is 0 Å². The lowest BCUT2D eigenvalue weighted by atomic mass is 10.1. The molecule has 1 heterocycles. The summed E-state index contributed by atoms with van der Waals surface area (Å²) in [5.74, 6) is 1.85. The summed E-state index contributed by atoms with van der Waals surface area (Å²) >= 11 is 0. The van der Waals surface area contributed by atoms with Crippen LogP contribution in [0.5, 0.6) is 0 Å². The zero-order valence-corrected chi connectivity index (χ0v) is 18.6. The number of rotatable bonds is 12. The molecule has 1 saturated heterocycles. The highest BCUT2D eigenvalue weighted by Gasteiger charge is 2.27. The number of quaternary nitrogens is 1. The molecular formula is C18H40NO5S2+. The van der Waals surface area contributed by atoms with Crippen molar-refractivity contribution in [3.8, 4) is 0 Å². The summed E-state index contributed by atoms with van der Waals surface area (Å²) in [7, 11) is -1.46. The van der Waals surface area contributed by atoms with Gasteiger partial charge in [0.25, 0.3) is 0 Å². The maximum Gasteiger partial charge on any atom is 0.397 e. The molecule has 0 atom stereocenters. The largest absolute Gasteiger partial charge is 0.397 e. The first-order valence-electron chi connectivity index (χ1n) is 9.94. The summed E-state index contributed by atoms with van der Waals surface area (Å²) in [4.78, 5) is 0. The van der Waals surface area contributed by atoms with Gasteiger partial charge >= 0.3 is 10.4 Å². The summed E-state index contributed by atoms with van der Waals surface area (Å²) in [5, 5.41) is 0. The van der Waals surface area contributed by atoms with Crippen LogP contribution in [0.25, 0.3) is 0 Å². The van der Waals surface area contributed by atoms with E-state index in [9.17, 15) is 12.6 Å². The van der Waals surface area contributed by atoms with Crippen molar-refractivity contribution < 1.29 is 25.8 Å². The highest BCUT2D eigenvalue weighted by atomic mass is 32.3. The van der Waals surface area contributed by atoms with Gasteiger partial charge in [0.2, 0.25) is 0 Å². The molecule has 1 rings (SSSR count). The highest BCUT2D eigenvalue weighted by molar-refractivity contribution is 7.85. The van der Waals surface area contributed by atoms with Crippen LogP contribution >= 0.6 is 0 Å². The number of nitrogens with zero attached hydrogens (tertiary/aromatic N) is 1. The molecule has 0 amide bonds. The van der Waals surface area contributed by atoms with Crippen molar-refractivity contribution >= 4 is 21.2 Å². The zero-order chi connectivity index (χ0) is 19.9. The average molecular weight is 415 g/mol. The van der Waals surface area contributed by atoms with Crippen molar-refractivity contribution in [1.29, 1.82) is 0 Å². The molecule has 0 aliphatic carbocycles. The van der Waals surface area contributed by atoms with Gasteiger partial charge in [0, 0.05) is 10.8 Å². The first-order chi connectivity index (χ1) is 12.2. The van der Waals surface area contributed by atoms with Crippen molar-refractivity contribution in [3.63, 3.8) is 0 Å². The van der Waals surface area contributed by atoms with Gasteiger partial charge in [-0.15, -0.1) is 0 Å². The van der Waals surface area contributed by atoms with E-state index in [4.69, 9.17) is 4.55 Å². The molecule has 0 bridgehead atoms. The molecule has 0 radical (unpaired) electrons. The predicted octanol–water partition coefficient (Wildman–Crippen LogP) is 3.55. The monoisotopic (exact) mass is 414 g/mol. The molecule has 6 nitrogen and oxygen atoms in total. The second-order valence-corrected chi connectivity index (χ2v) is 10.3. The third kappa shape index (κ3) is 16.2. The Morgan fingerprint density at radius 3 is 1.69 bits per heavy atom. The van der Waals surface area contributed by atoms with Crippen LogP contribution in [0.1, 0.15) is 71.1 Å². The second-order valence-electron chi connectivity index (χ2n) is 7.41.